The highest BCUT2D eigenvalue weighted by Gasteiger charge is 2.31. The third-order valence-corrected chi connectivity index (χ3v) is 8.56. The number of carbonyl (C=O) groups is 1. The second-order valence-electron chi connectivity index (χ2n) is 8.45. The number of anilines is 2. The number of fused-ring (bicyclic) bond motifs is 1. The molecule has 4 rings (SSSR count). The number of benzene rings is 1. The van der Waals surface area contributed by atoms with Gasteiger partial charge in [0.2, 0.25) is 0 Å². The molecule has 36 heavy (non-hydrogen) atoms. The molecule has 11 nitrogen and oxygen atoms in total. The molecular weight excluding hydrogens is 506 g/mol. The third-order valence-electron chi connectivity index (χ3n) is 5.50. The van der Waals surface area contributed by atoms with Crippen molar-refractivity contribution in [1.29, 1.82) is 0 Å². The molecule has 2 N–H and O–H groups in total. The number of hydrogen-bond donors (Lipinski definition) is 2. The Bertz CT molecular complexity index is 1370. The second kappa shape index (κ2) is 10.9. The molecule has 1 fully saturated rings. The maximum atomic E-state index is 13.2. The fraction of sp³-hybridized carbons (Fsp3) is 0.391. The molecule has 0 spiro atoms. The molecule has 0 aliphatic carbocycles. The van der Waals surface area contributed by atoms with Gasteiger partial charge in [-0.2, -0.15) is 0 Å². The van der Waals surface area contributed by atoms with Gasteiger partial charge >= 0.3 is 0 Å². The van der Waals surface area contributed by atoms with E-state index in [2.05, 4.69) is 20.4 Å². The van der Waals surface area contributed by atoms with Crippen LogP contribution in [0.5, 0.6) is 0 Å². The quantitative estimate of drug-likeness (QED) is 0.312. The van der Waals surface area contributed by atoms with Crippen molar-refractivity contribution in [1.82, 2.24) is 9.97 Å². The summed E-state index contributed by atoms with van der Waals surface area (Å²) in [7, 11) is 0.209. The van der Waals surface area contributed by atoms with E-state index in [0.717, 1.165) is 5.82 Å². The monoisotopic (exact) mass is 533 g/mol. The number of nitrogens with zero attached hydrogens (tertiary/aromatic N) is 4. The van der Waals surface area contributed by atoms with Crippen LogP contribution in [0, 0.1) is 0 Å². The normalized spacial score (nSPS) is 17.2. The number of aliphatic hydroxyl groups excluding tert-OH is 1. The Morgan fingerprint density at radius 3 is 2.67 bits per heavy atom. The topological polar surface area (TPSA) is 143 Å². The number of hydrogen-bond acceptors (Lipinski definition) is 11. The molecule has 192 valence electrons. The predicted octanol–water partition coefficient (Wildman–Crippen LogP) is 2.06. The van der Waals surface area contributed by atoms with Crippen LogP contribution in [0.1, 0.15) is 18.9 Å². The molecular formula is C23H27N5O6S2. The predicted molar refractivity (Wildman–Crippen MR) is 137 cm³/mol. The van der Waals surface area contributed by atoms with Crippen LogP contribution >= 0.6 is 11.3 Å². The molecule has 0 unspecified atom stereocenters. The molecule has 2 atom stereocenters. The minimum Gasteiger partial charge on any atom is -0.392 e. The molecule has 1 saturated heterocycles. The highest BCUT2D eigenvalue weighted by Crippen LogP contribution is 2.27. The third kappa shape index (κ3) is 5.64. The minimum absolute atomic E-state index is 0.0929. The minimum atomic E-state index is -3.55. The number of sulfone groups is 1. The van der Waals surface area contributed by atoms with E-state index in [-0.39, 0.29) is 23.8 Å². The van der Waals surface area contributed by atoms with E-state index in [1.807, 2.05) is 31.1 Å². The molecule has 0 bridgehead atoms. The SMILES string of the molecule is C[C@H](CO)O/N=C(/C(=O)Nc1nc2ccc(N(C)C)nc2s1)c1ccc(S(=O)(=O)[C@H]2CCOC2)cc1. The van der Waals surface area contributed by atoms with Gasteiger partial charge in [-0.05, 0) is 37.6 Å². The van der Waals surface area contributed by atoms with Gasteiger partial charge in [0.25, 0.3) is 5.91 Å². The summed E-state index contributed by atoms with van der Waals surface area (Å²) in [6.45, 7) is 1.88. The largest absolute Gasteiger partial charge is 0.392 e. The summed E-state index contributed by atoms with van der Waals surface area (Å²) in [4.78, 5) is 30.0. The Balaban J connectivity index is 1.60. The summed E-state index contributed by atoms with van der Waals surface area (Å²) in [5, 5.41) is 15.7. The smallest absolute Gasteiger partial charge is 0.280 e. The number of carbonyl (C=O) groups excluding carboxylic acids is 1. The maximum absolute atomic E-state index is 13.2. The van der Waals surface area contributed by atoms with E-state index in [0.29, 0.717) is 34.1 Å². The van der Waals surface area contributed by atoms with Crippen molar-refractivity contribution in [2.75, 3.05) is 44.1 Å². The van der Waals surface area contributed by atoms with Crippen molar-refractivity contribution in [2.24, 2.45) is 5.16 Å². The molecule has 1 aromatic carbocycles. The fourth-order valence-electron chi connectivity index (χ4n) is 3.42. The van der Waals surface area contributed by atoms with Crippen LogP contribution in [0.15, 0.2) is 46.4 Å². The van der Waals surface area contributed by atoms with Crippen LogP contribution in [0.4, 0.5) is 10.9 Å². The molecule has 2 aromatic heterocycles. The summed E-state index contributed by atoms with van der Waals surface area (Å²) < 4.78 is 30.9. The first kappa shape index (κ1) is 25.9. The first-order valence-corrected chi connectivity index (χ1v) is 13.6. The first-order valence-electron chi connectivity index (χ1n) is 11.2. The number of pyridine rings is 1. The van der Waals surface area contributed by atoms with E-state index >= 15 is 0 Å². The summed E-state index contributed by atoms with van der Waals surface area (Å²) in [6.07, 6.45) is -0.204. The maximum Gasteiger partial charge on any atom is 0.280 e. The first-order chi connectivity index (χ1) is 17.2. The number of amides is 1. The highest BCUT2D eigenvalue weighted by molar-refractivity contribution is 7.92. The second-order valence-corrected chi connectivity index (χ2v) is 11.7. The summed E-state index contributed by atoms with van der Waals surface area (Å²) in [5.74, 6) is 0.156. The molecule has 0 saturated carbocycles. The van der Waals surface area contributed by atoms with Crippen LogP contribution in [-0.2, 0) is 24.2 Å². The van der Waals surface area contributed by atoms with Gasteiger partial charge in [0, 0.05) is 26.3 Å². The molecule has 0 radical (unpaired) electrons. The number of ether oxygens (including phenoxy) is 1. The van der Waals surface area contributed by atoms with Gasteiger partial charge in [-0.15, -0.1) is 0 Å². The van der Waals surface area contributed by atoms with E-state index in [9.17, 15) is 18.3 Å². The lowest BCUT2D eigenvalue weighted by molar-refractivity contribution is -0.110. The number of thiazole rings is 1. The Hall–Kier alpha value is -3.13. The van der Waals surface area contributed by atoms with Crippen LogP contribution in [-0.4, -0.2) is 80.4 Å². The van der Waals surface area contributed by atoms with E-state index in [1.165, 1.54) is 35.6 Å². The summed E-state index contributed by atoms with van der Waals surface area (Å²) in [5.41, 5.74) is 0.882. The van der Waals surface area contributed by atoms with Crippen molar-refractivity contribution in [3.05, 3.63) is 42.0 Å². The van der Waals surface area contributed by atoms with Gasteiger partial charge < -0.3 is 19.6 Å². The Morgan fingerprint density at radius 1 is 1.28 bits per heavy atom. The molecule has 1 aliphatic heterocycles. The highest BCUT2D eigenvalue weighted by atomic mass is 32.2. The van der Waals surface area contributed by atoms with Crippen molar-refractivity contribution in [2.45, 2.75) is 29.6 Å². The van der Waals surface area contributed by atoms with Crippen LogP contribution in [0.25, 0.3) is 10.3 Å². The molecule has 13 heteroatoms. The molecule has 3 heterocycles. The van der Waals surface area contributed by atoms with E-state index in [4.69, 9.17) is 9.57 Å². The fourth-order valence-corrected chi connectivity index (χ4v) is 5.83. The standard InChI is InChI=1S/C23H27N5O6S2/c1-14(12-29)34-27-20(15-4-6-16(7-5-15)36(31,32)17-10-11-33-13-17)21(30)26-23-24-18-8-9-19(28(2)3)25-22(18)35-23/h4-9,14,17,29H,10-13H2,1-3H3,(H,24,26,30)/b27-20+/t14-,17+/m1/s1. The summed E-state index contributed by atoms with van der Waals surface area (Å²) >= 11 is 1.21. The lowest BCUT2D eigenvalue weighted by atomic mass is 10.1. The lowest BCUT2D eigenvalue weighted by Crippen LogP contribution is -2.25. The van der Waals surface area contributed by atoms with Gasteiger partial charge in [-0.1, -0.05) is 28.6 Å². The summed E-state index contributed by atoms with van der Waals surface area (Å²) in [6, 6.07) is 9.52. The number of oxime groups is 1. The zero-order valence-corrected chi connectivity index (χ0v) is 21.7. The van der Waals surface area contributed by atoms with E-state index < -0.39 is 27.1 Å². The van der Waals surface area contributed by atoms with Gasteiger partial charge in [-0.3, -0.25) is 10.1 Å². The Labute approximate surface area is 212 Å². The average molecular weight is 534 g/mol. The van der Waals surface area contributed by atoms with Crippen molar-refractivity contribution >= 4 is 54.1 Å². The van der Waals surface area contributed by atoms with Gasteiger partial charge in [0.15, 0.2) is 20.7 Å². The van der Waals surface area contributed by atoms with Gasteiger partial charge in [0.1, 0.15) is 22.3 Å². The number of aliphatic hydroxyl groups is 1. The zero-order chi connectivity index (χ0) is 25.9. The Morgan fingerprint density at radius 2 is 2.03 bits per heavy atom. The number of aromatic nitrogens is 2. The van der Waals surface area contributed by atoms with Crippen LogP contribution in [0.3, 0.4) is 0 Å². The molecule has 3 aromatic rings. The number of rotatable bonds is 9. The van der Waals surface area contributed by atoms with Crippen LogP contribution < -0.4 is 10.2 Å². The average Bonchev–Trinajstić information content (AvgIpc) is 3.54. The lowest BCUT2D eigenvalue weighted by Gasteiger charge is -2.12. The molecule has 1 aliphatic rings. The molecule has 1 amide bonds. The van der Waals surface area contributed by atoms with Crippen LogP contribution in [0.2, 0.25) is 0 Å². The van der Waals surface area contributed by atoms with Gasteiger partial charge in [0.05, 0.1) is 23.4 Å². The van der Waals surface area contributed by atoms with Crippen molar-refractivity contribution < 1.29 is 27.9 Å². The Kier molecular flexibility index (Phi) is 7.83. The van der Waals surface area contributed by atoms with Crippen molar-refractivity contribution in [3.63, 3.8) is 0 Å². The van der Waals surface area contributed by atoms with Gasteiger partial charge in [-0.25, -0.2) is 18.4 Å². The van der Waals surface area contributed by atoms with E-state index in [1.54, 1.807) is 6.92 Å². The zero-order valence-electron chi connectivity index (χ0n) is 20.0. The number of nitrogens with one attached hydrogen (secondary N) is 1. The van der Waals surface area contributed by atoms with Crippen molar-refractivity contribution in [3.8, 4) is 0 Å².